The van der Waals surface area contributed by atoms with Gasteiger partial charge in [0.15, 0.2) is 9.84 Å². The molecule has 0 radical (unpaired) electrons. The van der Waals surface area contributed by atoms with E-state index in [4.69, 9.17) is 0 Å². The smallest absolute Gasteiger partial charge is 0.256 e. The third-order valence-corrected chi connectivity index (χ3v) is 7.52. The molecule has 0 aromatic heterocycles. The van der Waals surface area contributed by atoms with Gasteiger partial charge in [-0.15, -0.1) is 0 Å². The van der Waals surface area contributed by atoms with E-state index in [0.29, 0.717) is 31.9 Å². The lowest BCUT2D eigenvalue weighted by atomic mass is 10.1. The molecule has 35 heavy (non-hydrogen) atoms. The molecule has 182 valence electrons. The van der Waals surface area contributed by atoms with Crippen molar-refractivity contribution in [1.82, 2.24) is 4.90 Å². The Morgan fingerprint density at radius 3 is 2.14 bits per heavy atom. The van der Waals surface area contributed by atoms with E-state index in [1.165, 1.54) is 24.3 Å². The molecule has 0 atom stereocenters. The number of hydrogen-bond acceptors (Lipinski definition) is 5. The van der Waals surface area contributed by atoms with Gasteiger partial charge in [0.25, 0.3) is 5.91 Å². The van der Waals surface area contributed by atoms with Gasteiger partial charge in [0.05, 0.1) is 10.5 Å². The van der Waals surface area contributed by atoms with Crippen LogP contribution in [0.25, 0.3) is 0 Å². The second-order valence-corrected chi connectivity index (χ2v) is 10.4. The molecule has 0 saturated carbocycles. The third kappa shape index (κ3) is 5.86. The number of anilines is 2. The summed E-state index contributed by atoms with van der Waals surface area (Å²) in [6, 6.07) is 19.4. The fourth-order valence-electron chi connectivity index (χ4n) is 3.93. The molecule has 0 bridgehead atoms. The SMILES string of the molecule is Cc1ccc(S(=O)(=O)CC(=O)Nc2ccc(N3CCN(C(=O)c4ccccc4F)CC3)cc2)cc1. The Morgan fingerprint density at radius 1 is 0.886 bits per heavy atom. The summed E-state index contributed by atoms with van der Waals surface area (Å²) in [7, 11) is -3.73. The van der Waals surface area contributed by atoms with Gasteiger partial charge in [0.1, 0.15) is 11.6 Å². The Hall–Kier alpha value is -3.72. The summed E-state index contributed by atoms with van der Waals surface area (Å²) in [5.41, 5.74) is 2.41. The largest absolute Gasteiger partial charge is 0.368 e. The quantitative estimate of drug-likeness (QED) is 0.566. The number of rotatable bonds is 6. The molecular weight excluding hydrogens is 469 g/mol. The predicted octanol–water partition coefficient (Wildman–Crippen LogP) is 3.51. The molecule has 4 rings (SSSR count). The summed E-state index contributed by atoms with van der Waals surface area (Å²) in [6.45, 7) is 3.95. The number of nitrogens with zero attached hydrogens (tertiary/aromatic N) is 2. The number of hydrogen-bond donors (Lipinski definition) is 1. The lowest BCUT2D eigenvalue weighted by Crippen LogP contribution is -2.49. The Morgan fingerprint density at radius 2 is 1.51 bits per heavy atom. The molecule has 9 heteroatoms. The molecule has 3 aromatic carbocycles. The van der Waals surface area contributed by atoms with Crippen molar-refractivity contribution in [2.45, 2.75) is 11.8 Å². The van der Waals surface area contributed by atoms with Crippen LogP contribution in [0.5, 0.6) is 0 Å². The van der Waals surface area contributed by atoms with E-state index in [9.17, 15) is 22.4 Å². The second kappa shape index (κ2) is 10.3. The minimum absolute atomic E-state index is 0.0745. The van der Waals surface area contributed by atoms with Crippen molar-refractivity contribution in [3.63, 3.8) is 0 Å². The van der Waals surface area contributed by atoms with Gasteiger partial charge < -0.3 is 15.1 Å². The first-order valence-electron chi connectivity index (χ1n) is 11.2. The van der Waals surface area contributed by atoms with Gasteiger partial charge in [-0.3, -0.25) is 9.59 Å². The van der Waals surface area contributed by atoms with Crippen LogP contribution >= 0.6 is 0 Å². The zero-order valence-corrected chi connectivity index (χ0v) is 20.1. The monoisotopic (exact) mass is 495 g/mol. The molecular formula is C26H26FN3O4S. The predicted molar refractivity (Wildman–Crippen MR) is 133 cm³/mol. The van der Waals surface area contributed by atoms with E-state index in [2.05, 4.69) is 10.2 Å². The van der Waals surface area contributed by atoms with E-state index >= 15 is 0 Å². The average Bonchev–Trinajstić information content (AvgIpc) is 2.84. The number of carbonyl (C=O) groups excluding carboxylic acids is 2. The van der Waals surface area contributed by atoms with Crippen LogP contribution < -0.4 is 10.2 Å². The number of amides is 2. The standard InChI is InChI=1S/C26H26FN3O4S/c1-19-6-12-22(13-7-19)35(33,34)18-25(31)28-20-8-10-21(11-9-20)29-14-16-30(17-15-29)26(32)23-4-2-3-5-24(23)27/h2-13H,14-18H2,1H3,(H,28,31). The molecule has 2 amide bonds. The van der Waals surface area contributed by atoms with Crippen LogP contribution in [0.15, 0.2) is 77.7 Å². The van der Waals surface area contributed by atoms with Crippen LogP contribution in [0.2, 0.25) is 0 Å². The number of benzene rings is 3. The lowest BCUT2D eigenvalue weighted by molar-refractivity contribution is -0.113. The van der Waals surface area contributed by atoms with Crippen LogP contribution in [0.1, 0.15) is 15.9 Å². The number of halogens is 1. The minimum atomic E-state index is -3.73. The first-order chi connectivity index (χ1) is 16.7. The number of sulfone groups is 1. The molecule has 1 aliphatic heterocycles. The summed E-state index contributed by atoms with van der Waals surface area (Å²) in [4.78, 5) is 28.8. The van der Waals surface area contributed by atoms with Crippen molar-refractivity contribution >= 4 is 33.0 Å². The zero-order chi connectivity index (χ0) is 25.0. The van der Waals surface area contributed by atoms with Gasteiger partial charge in [-0.2, -0.15) is 0 Å². The van der Waals surface area contributed by atoms with E-state index in [0.717, 1.165) is 11.3 Å². The van der Waals surface area contributed by atoms with Crippen LogP contribution in [0.4, 0.5) is 15.8 Å². The van der Waals surface area contributed by atoms with Crippen molar-refractivity contribution in [1.29, 1.82) is 0 Å². The maximum Gasteiger partial charge on any atom is 0.256 e. The van der Waals surface area contributed by atoms with Crippen LogP contribution in [0.3, 0.4) is 0 Å². The highest BCUT2D eigenvalue weighted by atomic mass is 32.2. The molecule has 1 saturated heterocycles. The number of nitrogens with one attached hydrogen (secondary N) is 1. The van der Waals surface area contributed by atoms with E-state index in [1.54, 1.807) is 41.3 Å². The van der Waals surface area contributed by atoms with E-state index in [1.807, 2.05) is 19.1 Å². The Balaban J connectivity index is 1.31. The topological polar surface area (TPSA) is 86.8 Å². The third-order valence-electron chi connectivity index (χ3n) is 5.89. The van der Waals surface area contributed by atoms with Crippen molar-refractivity contribution in [3.05, 3.63) is 89.7 Å². The van der Waals surface area contributed by atoms with Crippen molar-refractivity contribution in [3.8, 4) is 0 Å². The van der Waals surface area contributed by atoms with E-state index < -0.39 is 27.3 Å². The molecule has 0 unspecified atom stereocenters. The summed E-state index contributed by atoms with van der Waals surface area (Å²) >= 11 is 0. The van der Waals surface area contributed by atoms with Crippen LogP contribution in [-0.2, 0) is 14.6 Å². The van der Waals surface area contributed by atoms with Crippen molar-refractivity contribution in [2.75, 3.05) is 42.1 Å². The summed E-state index contributed by atoms with van der Waals surface area (Å²) in [6.07, 6.45) is 0. The molecule has 3 aromatic rings. The highest BCUT2D eigenvalue weighted by Gasteiger charge is 2.24. The molecule has 0 spiro atoms. The highest BCUT2D eigenvalue weighted by Crippen LogP contribution is 2.21. The van der Waals surface area contributed by atoms with Crippen LogP contribution in [0, 0.1) is 12.7 Å². The first-order valence-corrected chi connectivity index (χ1v) is 12.9. The van der Waals surface area contributed by atoms with Gasteiger partial charge in [0, 0.05) is 37.6 Å². The van der Waals surface area contributed by atoms with Crippen LogP contribution in [-0.4, -0.2) is 57.1 Å². The fraction of sp³-hybridized carbons (Fsp3) is 0.231. The first kappa shape index (κ1) is 24.4. The zero-order valence-electron chi connectivity index (χ0n) is 19.3. The maximum absolute atomic E-state index is 13.9. The molecule has 1 fully saturated rings. The fourth-order valence-corrected chi connectivity index (χ4v) is 5.06. The maximum atomic E-state index is 13.9. The Kier molecular flexibility index (Phi) is 7.16. The van der Waals surface area contributed by atoms with Gasteiger partial charge >= 0.3 is 0 Å². The van der Waals surface area contributed by atoms with Crippen molar-refractivity contribution in [2.24, 2.45) is 0 Å². The number of carbonyl (C=O) groups is 2. The summed E-state index contributed by atoms with van der Waals surface area (Å²) < 4.78 is 38.9. The average molecular weight is 496 g/mol. The van der Waals surface area contributed by atoms with Gasteiger partial charge in [-0.05, 0) is 55.5 Å². The van der Waals surface area contributed by atoms with Gasteiger partial charge in [-0.25, -0.2) is 12.8 Å². The van der Waals surface area contributed by atoms with Crippen molar-refractivity contribution < 1.29 is 22.4 Å². The highest BCUT2D eigenvalue weighted by molar-refractivity contribution is 7.92. The van der Waals surface area contributed by atoms with Gasteiger partial charge in [-0.1, -0.05) is 29.8 Å². The molecule has 0 aliphatic carbocycles. The van der Waals surface area contributed by atoms with E-state index in [-0.39, 0.29) is 16.4 Å². The molecule has 1 heterocycles. The summed E-state index contributed by atoms with van der Waals surface area (Å²) in [5.74, 6) is -2.10. The second-order valence-electron chi connectivity index (χ2n) is 8.43. The summed E-state index contributed by atoms with van der Waals surface area (Å²) in [5, 5.41) is 2.63. The number of piperazine rings is 1. The minimum Gasteiger partial charge on any atom is -0.368 e. The van der Waals surface area contributed by atoms with Gasteiger partial charge in [0.2, 0.25) is 5.91 Å². The lowest BCUT2D eigenvalue weighted by Gasteiger charge is -2.36. The number of aryl methyl sites for hydroxylation is 1. The molecule has 7 nitrogen and oxygen atoms in total. The Bertz CT molecular complexity index is 1320. The molecule has 1 aliphatic rings. The normalized spacial score (nSPS) is 14.0. The molecule has 1 N–H and O–H groups in total. The Labute approximate surface area is 204 Å².